The van der Waals surface area contributed by atoms with E-state index in [0.717, 1.165) is 37.7 Å². The number of aryl methyl sites for hydroxylation is 1. The van der Waals surface area contributed by atoms with Crippen LogP contribution >= 0.6 is 0 Å². The smallest absolute Gasteiger partial charge is 0.425 e. The Morgan fingerprint density at radius 3 is 2.32 bits per heavy atom. The molecule has 1 saturated heterocycles. The molecule has 25 heavy (non-hydrogen) atoms. The normalized spacial score (nSPS) is 25.0. The molecule has 1 aliphatic heterocycles. The first kappa shape index (κ1) is 17.7. The standard InChI is InChI=1S/C17H21NO6S/c1-11-7-9-13(10-8-11)25(22,23)18-14(16(19)20)15(24-17(18)21)12-5-3-2-4-6-12/h7-10,12,14-15H,2-6H2,1H3,(H,19,20)/t14-,15+/m0/s1. The Balaban J connectivity index is 1.97. The van der Waals surface area contributed by atoms with Gasteiger partial charge in [-0.25, -0.2) is 18.0 Å². The lowest BCUT2D eigenvalue weighted by molar-refractivity contribution is -0.142. The average Bonchev–Trinajstić information content (AvgIpc) is 2.94. The molecule has 7 nitrogen and oxygen atoms in total. The first-order chi connectivity index (χ1) is 11.8. The summed E-state index contributed by atoms with van der Waals surface area (Å²) in [4.78, 5) is 24.0. The Hall–Kier alpha value is -2.09. The van der Waals surface area contributed by atoms with Gasteiger partial charge in [0.05, 0.1) is 4.90 Å². The van der Waals surface area contributed by atoms with Gasteiger partial charge in [-0.3, -0.25) is 0 Å². The Labute approximate surface area is 146 Å². The summed E-state index contributed by atoms with van der Waals surface area (Å²) < 4.78 is 31.4. The molecule has 0 radical (unpaired) electrons. The average molecular weight is 367 g/mol. The first-order valence-corrected chi connectivity index (χ1v) is 9.81. The fourth-order valence-corrected chi connectivity index (χ4v) is 5.06. The number of sulfonamides is 1. The fourth-order valence-electron chi connectivity index (χ4n) is 3.61. The van der Waals surface area contributed by atoms with Gasteiger partial charge in [0.2, 0.25) is 0 Å². The van der Waals surface area contributed by atoms with Crippen LogP contribution < -0.4 is 0 Å². The molecular formula is C17H21NO6S. The number of ether oxygens (including phenoxy) is 1. The number of benzene rings is 1. The van der Waals surface area contributed by atoms with E-state index in [9.17, 15) is 23.1 Å². The third-order valence-corrected chi connectivity index (χ3v) is 6.69. The number of carboxylic acids is 1. The number of nitrogens with zero attached hydrogens (tertiary/aromatic N) is 1. The summed E-state index contributed by atoms with van der Waals surface area (Å²) in [5, 5.41) is 9.62. The van der Waals surface area contributed by atoms with Crippen LogP contribution in [0.15, 0.2) is 29.2 Å². The lowest BCUT2D eigenvalue weighted by atomic mass is 9.83. The molecule has 1 heterocycles. The molecule has 1 aromatic rings. The van der Waals surface area contributed by atoms with E-state index in [0.29, 0.717) is 4.31 Å². The van der Waals surface area contributed by atoms with E-state index >= 15 is 0 Å². The molecule has 136 valence electrons. The highest BCUT2D eigenvalue weighted by atomic mass is 32.2. The van der Waals surface area contributed by atoms with Crippen LogP contribution in [0.4, 0.5) is 4.79 Å². The molecule has 2 atom stereocenters. The van der Waals surface area contributed by atoms with Gasteiger partial charge in [-0.05, 0) is 37.8 Å². The van der Waals surface area contributed by atoms with E-state index in [1.807, 2.05) is 0 Å². The molecule has 1 aliphatic carbocycles. The van der Waals surface area contributed by atoms with Crippen molar-refractivity contribution in [2.45, 2.75) is 56.1 Å². The van der Waals surface area contributed by atoms with Crippen LogP contribution in [0.5, 0.6) is 0 Å². The second kappa shape index (κ2) is 6.67. The number of hydrogen-bond donors (Lipinski definition) is 1. The molecule has 2 aliphatic rings. The summed E-state index contributed by atoms with van der Waals surface area (Å²) in [7, 11) is -4.29. The number of hydrogen-bond acceptors (Lipinski definition) is 5. The SMILES string of the molecule is Cc1ccc(S(=O)(=O)N2C(=O)O[C@H](C3CCCCC3)[C@H]2C(=O)O)cc1. The molecular weight excluding hydrogens is 346 g/mol. The summed E-state index contributed by atoms with van der Waals surface area (Å²) in [5.74, 6) is -1.49. The summed E-state index contributed by atoms with van der Waals surface area (Å²) in [6.45, 7) is 1.81. The van der Waals surface area contributed by atoms with Crippen molar-refractivity contribution in [1.29, 1.82) is 0 Å². The van der Waals surface area contributed by atoms with Crippen molar-refractivity contribution >= 4 is 22.1 Å². The number of carbonyl (C=O) groups is 2. The molecule has 1 saturated carbocycles. The zero-order valence-corrected chi connectivity index (χ0v) is 14.7. The monoisotopic (exact) mass is 367 g/mol. The van der Waals surface area contributed by atoms with Crippen molar-refractivity contribution in [3.8, 4) is 0 Å². The second-order valence-electron chi connectivity index (χ2n) is 6.64. The maximum atomic E-state index is 12.9. The van der Waals surface area contributed by atoms with Gasteiger partial charge in [-0.1, -0.05) is 37.0 Å². The van der Waals surface area contributed by atoms with Crippen LogP contribution in [0.25, 0.3) is 0 Å². The molecule has 2 fully saturated rings. The lowest BCUT2D eigenvalue weighted by Crippen LogP contribution is -2.48. The highest BCUT2D eigenvalue weighted by Crippen LogP contribution is 2.37. The van der Waals surface area contributed by atoms with Gasteiger partial charge in [-0.15, -0.1) is 0 Å². The van der Waals surface area contributed by atoms with Gasteiger partial charge in [0.15, 0.2) is 6.04 Å². The maximum absolute atomic E-state index is 12.9. The predicted octanol–water partition coefficient (Wildman–Crippen LogP) is 2.54. The van der Waals surface area contributed by atoms with Crippen molar-refractivity contribution in [3.05, 3.63) is 29.8 Å². The number of rotatable bonds is 4. The molecule has 0 spiro atoms. The van der Waals surface area contributed by atoms with Gasteiger partial charge < -0.3 is 9.84 Å². The van der Waals surface area contributed by atoms with Gasteiger partial charge in [-0.2, -0.15) is 4.31 Å². The van der Waals surface area contributed by atoms with E-state index < -0.39 is 34.2 Å². The van der Waals surface area contributed by atoms with Crippen LogP contribution in [0, 0.1) is 12.8 Å². The van der Waals surface area contributed by atoms with E-state index in [4.69, 9.17) is 4.74 Å². The molecule has 1 amide bonds. The van der Waals surface area contributed by atoms with Gasteiger partial charge >= 0.3 is 12.1 Å². The fraction of sp³-hybridized carbons (Fsp3) is 0.529. The molecule has 1 aromatic carbocycles. The van der Waals surface area contributed by atoms with Crippen LogP contribution in [-0.4, -0.2) is 42.0 Å². The highest BCUT2D eigenvalue weighted by Gasteiger charge is 2.55. The maximum Gasteiger partial charge on any atom is 0.425 e. The third kappa shape index (κ3) is 3.22. The van der Waals surface area contributed by atoms with Crippen LogP contribution in [0.3, 0.4) is 0 Å². The van der Waals surface area contributed by atoms with E-state index in [1.165, 1.54) is 12.1 Å². The minimum atomic E-state index is -4.29. The minimum absolute atomic E-state index is 0.120. The zero-order chi connectivity index (χ0) is 18.2. The van der Waals surface area contributed by atoms with Crippen molar-refractivity contribution < 1.29 is 27.9 Å². The van der Waals surface area contributed by atoms with Crippen molar-refractivity contribution in [2.24, 2.45) is 5.92 Å². The third-order valence-electron chi connectivity index (χ3n) is 4.93. The Bertz CT molecular complexity index is 767. The quantitative estimate of drug-likeness (QED) is 0.877. The van der Waals surface area contributed by atoms with Crippen molar-refractivity contribution in [3.63, 3.8) is 0 Å². The van der Waals surface area contributed by atoms with E-state index in [1.54, 1.807) is 19.1 Å². The lowest BCUT2D eigenvalue weighted by Gasteiger charge is -2.28. The Morgan fingerprint density at radius 2 is 1.76 bits per heavy atom. The minimum Gasteiger partial charge on any atom is -0.480 e. The number of amides is 1. The molecule has 0 bridgehead atoms. The number of cyclic esters (lactones) is 1. The topological polar surface area (TPSA) is 101 Å². The first-order valence-electron chi connectivity index (χ1n) is 8.37. The second-order valence-corrected chi connectivity index (χ2v) is 8.46. The van der Waals surface area contributed by atoms with Crippen LogP contribution in [0.1, 0.15) is 37.7 Å². The van der Waals surface area contributed by atoms with Crippen molar-refractivity contribution in [1.82, 2.24) is 4.31 Å². The molecule has 8 heteroatoms. The molecule has 1 N–H and O–H groups in total. The van der Waals surface area contributed by atoms with E-state index in [-0.39, 0.29) is 10.8 Å². The largest absolute Gasteiger partial charge is 0.480 e. The summed E-state index contributed by atoms with van der Waals surface area (Å²) in [5.41, 5.74) is 0.859. The van der Waals surface area contributed by atoms with Gasteiger partial charge in [0, 0.05) is 0 Å². The Kier molecular flexibility index (Phi) is 4.73. The number of aliphatic carboxylic acids is 1. The predicted molar refractivity (Wildman–Crippen MR) is 88.5 cm³/mol. The molecule has 0 aromatic heterocycles. The van der Waals surface area contributed by atoms with Gasteiger partial charge in [0.25, 0.3) is 10.0 Å². The van der Waals surface area contributed by atoms with Crippen LogP contribution in [0.2, 0.25) is 0 Å². The highest BCUT2D eigenvalue weighted by molar-refractivity contribution is 7.89. The molecule has 0 unspecified atom stereocenters. The zero-order valence-electron chi connectivity index (χ0n) is 13.9. The summed E-state index contributed by atoms with van der Waals surface area (Å²) in [6.07, 6.45) is 2.33. The number of carboxylic acid groups (broad SMARTS) is 1. The Morgan fingerprint density at radius 1 is 1.16 bits per heavy atom. The van der Waals surface area contributed by atoms with Crippen LogP contribution in [-0.2, 0) is 19.6 Å². The van der Waals surface area contributed by atoms with Crippen molar-refractivity contribution in [2.75, 3.05) is 0 Å². The summed E-state index contributed by atoms with van der Waals surface area (Å²) in [6, 6.07) is 4.41. The summed E-state index contributed by atoms with van der Waals surface area (Å²) >= 11 is 0. The molecule has 3 rings (SSSR count). The van der Waals surface area contributed by atoms with E-state index in [2.05, 4.69) is 0 Å². The number of carbonyl (C=O) groups excluding carboxylic acids is 1. The van der Waals surface area contributed by atoms with Gasteiger partial charge in [0.1, 0.15) is 6.10 Å².